The van der Waals surface area contributed by atoms with E-state index in [2.05, 4.69) is 9.97 Å². The molecule has 1 amide bonds. The van der Waals surface area contributed by atoms with Crippen molar-refractivity contribution in [3.05, 3.63) is 39.9 Å². The first kappa shape index (κ1) is 13.2. The number of hydrogen-bond acceptors (Lipinski definition) is 4. The highest BCUT2D eigenvalue weighted by atomic mass is 16.2. The number of H-pyrrole nitrogens is 1. The number of hydrogen-bond donors (Lipinski definition) is 2. The summed E-state index contributed by atoms with van der Waals surface area (Å²) >= 11 is 0. The number of benzene rings is 1. The molecule has 0 radical (unpaired) electrons. The molecule has 0 spiro atoms. The van der Waals surface area contributed by atoms with Crippen molar-refractivity contribution >= 4 is 16.8 Å². The number of carbonyl (C=O) groups is 1. The van der Waals surface area contributed by atoms with Crippen molar-refractivity contribution < 1.29 is 4.79 Å². The van der Waals surface area contributed by atoms with Crippen LogP contribution in [0.5, 0.6) is 0 Å². The fourth-order valence-corrected chi connectivity index (χ4v) is 1.91. The fraction of sp³-hybridized carbons (Fsp3) is 0.308. The van der Waals surface area contributed by atoms with Gasteiger partial charge in [-0.2, -0.15) is 0 Å². The lowest BCUT2D eigenvalue weighted by atomic mass is 10.1. The number of rotatable bonds is 3. The summed E-state index contributed by atoms with van der Waals surface area (Å²) in [6.07, 6.45) is 0. The Kier molecular flexibility index (Phi) is 3.62. The van der Waals surface area contributed by atoms with E-state index >= 15 is 0 Å². The summed E-state index contributed by atoms with van der Waals surface area (Å²) in [5.74, 6) is 0.393. The second-order valence-corrected chi connectivity index (χ2v) is 4.40. The number of nitrogens with two attached hydrogens (primary N) is 1. The van der Waals surface area contributed by atoms with Gasteiger partial charge in [-0.1, -0.05) is 0 Å². The molecule has 100 valence electrons. The SMILES string of the molecule is Cc1nc2cc(C(=O)N(C)CCN)ccc2c(=O)[nH]1. The summed E-state index contributed by atoms with van der Waals surface area (Å²) < 4.78 is 0. The van der Waals surface area contributed by atoms with E-state index in [9.17, 15) is 9.59 Å². The first-order chi connectivity index (χ1) is 9.02. The number of aromatic amines is 1. The number of carbonyl (C=O) groups excluding carboxylic acids is 1. The zero-order valence-electron chi connectivity index (χ0n) is 10.9. The quantitative estimate of drug-likeness (QED) is 0.828. The average molecular weight is 260 g/mol. The van der Waals surface area contributed by atoms with Crippen molar-refractivity contribution in [2.75, 3.05) is 20.1 Å². The lowest BCUT2D eigenvalue weighted by molar-refractivity contribution is 0.0799. The predicted molar refractivity (Wildman–Crippen MR) is 73.1 cm³/mol. The molecule has 0 aliphatic carbocycles. The second kappa shape index (κ2) is 5.19. The molecular formula is C13H16N4O2. The molecule has 0 bridgehead atoms. The molecule has 0 fully saturated rings. The Bertz CT molecular complexity index is 678. The molecule has 0 saturated heterocycles. The minimum absolute atomic E-state index is 0.132. The highest BCUT2D eigenvalue weighted by Crippen LogP contribution is 2.12. The smallest absolute Gasteiger partial charge is 0.258 e. The van der Waals surface area contributed by atoms with Gasteiger partial charge in [0.25, 0.3) is 11.5 Å². The molecule has 6 nitrogen and oxygen atoms in total. The Balaban J connectivity index is 2.47. The Morgan fingerprint density at radius 1 is 1.47 bits per heavy atom. The molecule has 0 aliphatic rings. The van der Waals surface area contributed by atoms with Crippen LogP contribution in [0.1, 0.15) is 16.2 Å². The van der Waals surface area contributed by atoms with Crippen molar-refractivity contribution in [3.63, 3.8) is 0 Å². The number of nitrogens with zero attached hydrogens (tertiary/aromatic N) is 2. The van der Waals surface area contributed by atoms with Gasteiger partial charge in [0.05, 0.1) is 10.9 Å². The molecule has 3 N–H and O–H groups in total. The van der Waals surface area contributed by atoms with Gasteiger partial charge in [0.15, 0.2) is 0 Å². The van der Waals surface area contributed by atoms with Crippen LogP contribution in [0.25, 0.3) is 10.9 Å². The molecular weight excluding hydrogens is 244 g/mol. The van der Waals surface area contributed by atoms with Crippen LogP contribution in [-0.2, 0) is 0 Å². The predicted octanol–water partition coefficient (Wildman–Crippen LogP) is 0.262. The van der Waals surface area contributed by atoms with Crippen molar-refractivity contribution in [2.45, 2.75) is 6.92 Å². The van der Waals surface area contributed by atoms with E-state index < -0.39 is 0 Å². The maximum atomic E-state index is 12.1. The van der Waals surface area contributed by atoms with E-state index in [-0.39, 0.29) is 11.5 Å². The topological polar surface area (TPSA) is 92.1 Å². The molecule has 0 saturated carbocycles. The highest BCUT2D eigenvalue weighted by molar-refractivity contribution is 5.97. The highest BCUT2D eigenvalue weighted by Gasteiger charge is 2.12. The normalized spacial score (nSPS) is 10.7. The van der Waals surface area contributed by atoms with Gasteiger partial charge >= 0.3 is 0 Å². The number of aromatic nitrogens is 2. The standard InChI is InChI=1S/C13H16N4O2/c1-8-15-11-7-9(13(19)17(2)6-5-14)3-4-10(11)12(18)16-8/h3-4,7H,5-6,14H2,1-2H3,(H,15,16,18). The van der Waals surface area contributed by atoms with E-state index in [1.807, 2.05) is 0 Å². The zero-order valence-corrected chi connectivity index (χ0v) is 10.9. The van der Waals surface area contributed by atoms with Crippen LogP contribution in [-0.4, -0.2) is 40.9 Å². The Hall–Kier alpha value is -2.21. The van der Waals surface area contributed by atoms with Crippen LogP contribution in [0, 0.1) is 6.92 Å². The maximum absolute atomic E-state index is 12.1. The van der Waals surface area contributed by atoms with Crippen molar-refractivity contribution in [1.29, 1.82) is 0 Å². The van der Waals surface area contributed by atoms with Crippen LogP contribution in [0.4, 0.5) is 0 Å². The van der Waals surface area contributed by atoms with E-state index in [0.717, 1.165) is 0 Å². The third-order valence-corrected chi connectivity index (χ3v) is 2.88. The first-order valence-electron chi connectivity index (χ1n) is 5.99. The van der Waals surface area contributed by atoms with Gasteiger partial charge in [0, 0.05) is 25.7 Å². The summed E-state index contributed by atoms with van der Waals surface area (Å²) in [4.78, 5) is 32.2. The lowest BCUT2D eigenvalue weighted by Crippen LogP contribution is -2.31. The molecule has 2 aromatic rings. The van der Waals surface area contributed by atoms with Crippen molar-refractivity contribution in [1.82, 2.24) is 14.9 Å². The number of fused-ring (bicyclic) bond motifs is 1. The van der Waals surface area contributed by atoms with Gasteiger partial charge in [-0.05, 0) is 25.1 Å². The summed E-state index contributed by atoms with van der Waals surface area (Å²) in [5.41, 5.74) is 6.25. The number of likely N-dealkylation sites (N-methyl/N-ethyl adjacent to an activating group) is 1. The molecule has 0 atom stereocenters. The Morgan fingerprint density at radius 3 is 2.89 bits per heavy atom. The molecule has 1 aromatic heterocycles. The zero-order chi connectivity index (χ0) is 14.0. The molecule has 0 unspecified atom stereocenters. The number of nitrogens with one attached hydrogen (secondary N) is 1. The van der Waals surface area contributed by atoms with E-state index in [1.165, 1.54) is 0 Å². The van der Waals surface area contributed by atoms with Gasteiger partial charge in [0.2, 0.25) is 0 Å². The number of aryl methyl sites for hydroxylation is 1. The summed E-state index contributed by atoms with van der Waals surface area (Å²) in [5, 5.41) is 0.476. The monoisotopic (exact) mass is 260 g/mol. The summed E-state index contributed by atoms with van der Waals surface area (Å²) in [6, 6.07) is 4.88. The second-order valence-electron chi connectivity index (χ2n) is 4.40. The molecule has 19 heavy (non-hydrogen) atoms. The molecule has 1 heterocycles. The van der Waals surface area contributed by atoms with E-state index in [1.54, 1.807) is 37.1 Å². The fourth-order valence-electron chi connectivity index (χ4n) is 1.91. The summed E-state index contributed by atoms with van der Waals surface area (Å²) in [6.45, 7) is 2.60. The van der Waals surface area contributed by atoms with Gasteiger partial charge in [-0.25, -0.2) is 4.98 Å². The molecule has 0 aliphatic heterocycles. The van der Waals surface area contributed by atoms with Gasteiger partial charge in [0.1, 0.15) is 5.82 Å². The van der Waals surface area contributed by atoms with Gasteiger partial charge < -0.3 is 15.6 Å². The van der Waals surface area contributed by atoms with Crippen LogP contribution in [0.2, 0.25) is 0 Å². The van der Waals surface area contributed by atoms with Crippen molar-refractivity contribution in [2.24, 2.45) is 5.73 Å². The Labute approximate surface area is 110 Å². The van der Waals surface area contributed by atoms with Crippen LogP contribution >= 0.6 is 0 Å². The minimum Gasteiger partial charge on any atom is -0.340 e. The van der Waals surface area contributed by atoms with Crippen LogP contribution in [0.15, 0.2) is 23.0 Å². The summed E-state index contributed by atoms with van der Waals surface area (Å²) in [7, 11) is 1.69. The lowest BCUT2D eigenvalue weighted by Gasteiger charge is -2.16. The van der Waals surface area contributed by atoms with Crippen molar-refractivity contribution in [3.8, 4) is 0 Å². The van der Waals surface area contributed by atoms with E-state index in [4.69, 9.17) is 5.73 Å². The average Bonchev–Trinajstić information content (AvgIpc) is 2.37. The van der Waals surface area contributed by atoms with Gasteiger partial charge in [-0.3, -0.25) is 9.59 Å². The van der Waals surface area contributed by atoms with E-state index in [0.29, 0.717) is 35.4 Å². The minimum atomic E-state index is -0.197. The largest absolute Gasteiger partial charge is 0.340 e. The molecule has 6 heteroatoms. The van der Waals surface area contributed by atoms with Crippen LogP contribution < -0.4 is 11.3 Å². The van der Waals surface area contributed by atoms with Gasteiger partial charge in [-0.15, -0.1) is 0 Å². The maximum Gasteiger partial charge on any atom is 0.258 e. The van der Waals surface area contributed by atoms with Crippen LogP contribution in [0.3, 0.4) is 0 Å². The number of amides is 1. The Morgan fingerprint density at radius 2 is 2.21 bits per heavy atom. The third kappa shape index (κ3) is 2.63. The first-order valence-corrected chi connectivity index (χ1v) is 5.99. The molecule has 2 rings (SSSR count). The molecule has 1 aromatic carbocycles. The third-order valence-electron chi connectivity index (χ3n) is 2.88.